The van der Waals surface area contributed by atoms with E-state index in [9.17, 15) is 14.4 Å². The first-order valence-corrected chi connectivity index (χ1v) is 11.8. The van der Waals surface area contributed by atoms with Crippen LogP contribution in [0.1, 0.15) is 34.1 Å². The number of ketones is 2. The molecule has 2 aromatic carbocycles. The highest BCUT2D eigenvalue weighted by Crippen LogP contribution is 2.20. The van der Waals surface area contributed by atoms with Gasteiger partial charge < -0.3 is 5.32 Å². The number of hydrogen-bond acceptors (Lipinski definition) is 7. The van der Waals surface area contributed by atoms with Gasteiger partial charge in [-0.15, -0.1) is 5.10 Å². The van der Waals surface area contributed by atoms with Gasteiger partial charge in [-0.2, -0.15) is 4.68 Å². The molecule has 0 aliphatic rings. The number of nitrogens with one attached hydrogen (secondary N) is 1. The van der Waals surface area contributed by atoms with E-state index in [0.717, 1.165) is 5.56 Å². The summed E-state index contributed by atoms with van der Waals surface area (Å²) in [5, 5.41) is 14.5. The molecule has 4 rings (SSSR count). The molecule has 0 bridgehead atoms. The normalized spacial score (nSPS) is 11.8. The second kappa shape index (κ2) is 12.0. The van der Waals surface area contributed by atoms with Gasteiger partial charge in [-0.05, 0) is 59.3 Å². The molecule has 0 saturated carbocycles. The first-order chi connectivity index (χ1) is 17.9. The van der Waals surface area contributed by atoms with Gasteiger partial charge in [0.05, 0.1) is 11.7 Å². The van der Waals surface area contributed by atoms with E-state index < -0.39 is 11.9 Å². The van der Waals surface area contributed by atoms with Crippen LogP contribution in [0.25, 0.3) is 11.8 Å². The number of hydrogen-bond donors (Lipinski definition) is 1. The summed E-state index contributed by atoms with van der Waals surface area (Å²) in [5.41, 5.74) is 3.24. The van der Waals surface area contributed by atoms with Crippen molar-refractivity contribution in [3.63, 3.8) is 0 Å². The Hall–Kier alpha value is -4.50. The van der Waals surface area contributed by atoms with Crippen LogP contribution in [-0.2, 0) is 22.4 Å². The number of halogens is 1. The van der Waals surface area contributed by atoms with Crippen molar-refractivity contribution < 1.29 is 14.4 Å². The van der Waals surface area contributed by atoms with Gasteiger partial charge in [-0.3, -0.25) is 19.4 Å². The Morgan fingerprint density at radius 3 is 2.57 bits per heavy atom. The van der Waals surface area contributed by atoms with Crippen molar-refractivity contribution in [1.82, 2.24) is 30.5 Å². The lowest BCUT2D eigenvalue weighted by Crippen LogP contribution is -2.42. The van der Waals surface area contributed by atoms with Crippen molar-refractivity contribution in [2.45, 2.75) is 25.8 Å². The maximum Gasteiger partial charge on any atom is 0.244 e. The molecule has 2 heterocycles. The van der Waals surface area contributed by atoms with Gasteiger partial charge in [-0.25, -0.2) is 0 Å². The average Bonchev–Trinajstić information content (AvgIpc) is 3.43. The number of benzene rings is 2. The number of rotatable bonds is 10. The number of aromatic nitrogens is 5. The van der Waals surface area contributed by atoms with Gasteiger partial charge >= 0.3 is 0 Å². The van der Waals surface area contributed by atoms with Crippen molar-refractivity contribution in [3.05, 3.63) is 107 Å². The van der Waals surface area contributed by atoms with Crippen LogP contribution >= 0.6 is 11.6 Å². The van der Waals surface area contributed by atoms with Crippen LogP contribution in [0.5, 0.6) is 0 Å². The number of carbonyl (C=O) groups is 3. The smallest absolute Gasteiger partial charge is 0.244 e. The summed E-state index contributed by atoms with van der Waals surface area (Å²) < 4.78 is 1.46. The predicted molar refractivity (Wildman–Crippen MR) is 138 cm³/mol. The van der Waals surface area contributed by atoms with Crippen LogP contribution in [0.2, 0.25) is 5.02 Å². The lowest BCUT2D eigenvalue weighted by molar-refractivity contribution is -0.125. The summed E-state index contributed by atoms with van der Waals surface area (Å²) in [7, 11) is 0. The van der Waals surface area contributed by atoms with E-state index in [1.807, 2.05) is 6.07 Å². The largest absolute Gasteiger partial charge is 0.342 e. The van der Waals surface area contributed by atoms with Crippen LogP contribution in [0.4, 0.5) is 0 Å². The molecule has 37 heavy (non-hydrogen) atoms. The molecule has 0 aliphatic heterocycles. The molecule has 4 aromatic rings. The molecule has 0 aliphatic carbocycles. The molecule has 0 spiro atoms. The number of Topliss-reactive ketones (excluding diaryl/α,β-unsaturated/α-hetero) is 2. The van der Waals surface area contributed by atoms with Gasteiger partial charge in [0, 0.05) is 47.0 Å². The fourth-order valence-corrected chi connectivity index (χ4v) is 3.86. The second-order valence-electron chi connectivity index (χ2n) is 8.27. The van der Waals surface area contributed by atoms with Crippen molar-refractivity contribution in [3.8, 4) is 5.69 Å². The molecule has 1 N–H and O–H groups in total. The summed E-state index contributed by atoms with van der Waals surface area (Å²) in [6, 6.07) is 16.6. The van der Waals surface area contributed by atoms with Gasteiger partial charge in [0.25, 0.3) is 0 Å². The number of pyridine rings is 1. The third-order valence-electron chi connectivity index (χ3n) is 5.58. The summed E-state index contributed by atoms with van der Waals surface area (Å²) >= 11 is 6.15. The second-order valence-corrected chi connectivity index (χ2v) is 8.71. The van der Waals surface area contributed by atoms with Crippen LogP contribution in [0.15, 0.2) is 79.3 Å². The fourth-order valence-electron chi connectivity index (χ4n) is 3.68. The maximum atomic E-state index is 13.2. The van der Waals surface area contributed by atoms with E-state index in [4.69, 9.17) is 11.6 Å². The van der Waals surface area contributed by atoms with E-state index in [2.05, 4.69) is 25.8 Å². The van der Waals surface area contributed by atoms with Crippen molar-refractivity contribution in [2.75, 3.05) is 0 Å². The lowest BCUT2D eigenvalue weighted by atomic mass is 9.98. The van der Waals surface area contributed by atoms with E-state index >= 15 is 0 Å². The van der Waals surface area contributed by atoms with Crippen LogP contribution in [0.3, 0.4) is 0 Å². The van der Waals surface area contributed by atoms with Crippen molar-refractivity contribution in [2.24, 2.45) is 0 Å². The lowest BCUT2D eigenvalue weighted by Gasteiger charge is -2.17. The fraction of sp³-hybridized carbons (Fsp3) is 0.148. The van der Waals surface area contributed by atoms with Gasteiger partial charge in [0.2, 0.25) is 5.91 Å². The topological polar surface area (TPSA) is 120 Å². The highest BCUT2D eigenvalue weighted by Gasteiger charge is 2.21. The summed E-state index contributed by atoms with van der Waals surface area (Å²) in [6.07, 6.45) is 6.32. The standard InChI is InChI=1S/C27H23ClN6O3/c1-18(35)20-7-5-19(6-8-20)14-26(36)24(16-23-4-2-3-13-29-23)31-27(37)12-9-21-15-22(28)10-11-25(21)34-17-30-32-33-34/h2-13,15,17,24H,14,16H2,1H3,(H,31,37)/b12-9+/t24-/m0/s1. The minimum Gasteiger partial charge on any atom is -0.342 e. The summed E-state index contributed by atoms with van der Waals surface area (Å²) in [4.78, 5) is 41.9. The van der Waals surface area contributed by atoms with Crippen molar-refractivity contribution in [1.29, 1.82) is 0 Å². The monoisotopic (exact) mass is 514 g/mol. The highest BCUT2D eigenvalue weighted by atomic mass is 35.5. The average molecular weight is 515 g/mol. The van der Waals surface area contributed by atoms with Crippen LogP contribution < -0.4 is 5.32 Å². The Balaban J connectivity index is 1.51. The molecular weight excluding hydrogens is 492 g/mol. The third kappa shape index (κ3) is 7.02. The quantitative estimate of drug-likeness (QED) is 0.254. The maximum absolute atomic E-state index is 13.2. The molecule has 9 nitrogen and oxygen atoms in total. The Morgan fingerprint density at radius 1 is 1.08 bits per heavy atom. The molecule has 0 radical (unpaired) electrons. The zero-order valence-corrected chi connectivity index (χ0v) is 20.7. The van der Waals surface area contributed by atoms with Gasteiger partial charge in [-0.1, -0.05) is 41.9 Å². The Labute approximate surface area is 218 Å². The first-order valence-electron chi connectivity index (χ1n) is 11.4. The number of tetrazole rings is 1. The molecule has 2 aromatic heterocycles. The summed E-state index contributed by atoms with van der Waals surface area (Å²) in [6.45, 7) is 1.49. The summed E-state index contributed by atoms with van der Waals surface area (Å²) in [5.74, 6) is -0.683. The van der Waals surface area contributed by atoms with E-state index in [-0.39, 0.29) is 24.4 Å². The molecular formula is C27H23ClN6O3. The van der Waals surface area contributed by atoms with E-state index in [1.54, 1.807) is 66.9 Å². The SMILES string of the molecule is CC(=O)c1ccc(CC(=O)[C@H](Cc2ccccn2)NC(=O)/C=C/c2cc(Cl)ccc2-n2cnnn2)cc1. The number of amides is 1. The molecule has 10 heteroatoms. The van der Waals surface area contributed by atoms with Crippen molar-refractivity contribution >= 4 is 35.2 Å². The molecule has 1 amide bonds. The Kier molecular flexibility index (Phi) is 8.27. The predicted octanol–water partition coefficient (Wildman–Crippen LogP) is 3.47. The molecule has 0 fully saturated rings. The van der Waals surface area contributed by atoms with Crippen LogP contribution in [-0.4, -0.2) is 48.7 Å². The van der Waals surface area contributed by atoms with Gasteiger partial charge in [0.15, 0.2) is 11.6 Å². The molecule has 1 atom stereocenters. The minimum atomic E-state index is -0.808. The Bertz CT molecular complexity index is 1420. The number of carbonyl (C=O) groups excluding carboxylic acids is 3. The zero-order valence-electron chi connectivity index (χ0n) is 19.9. The molecule has 186 valence electrons. The zero-order chi connectivity index (χ0) is 26.2. The van der Waals surface area contributed by atoms with Crippen LogP contribution in [0, 0.1) is 0 Å². The van der Waals surface area contributed by atoms with Gasteiger partial charge in [0.1, 0.15) is 6.33 Å². The van der Waals surface area contributed by atoms with E-state index in [1.165, 1.54) is 24.0 Å². The minimum absolute atomic E-state index is 0.0482. The third-order valence-corrected chi connectivity index (χ3v) is 5.82. The molecule has 0 unspecified atom stereocenters. The molecule has 0 saturated heterocycles. The Morgan fingerprint density at radius 2 is 1.89 bits per heavy atom. The number of nitrogens with zero attached hydrogens (tertiary/aromatic N) is 5. The highest BCUT2D eigenvalue weighted by molar-refractivity contribution is 6.30. The first kappa shape index (κ1) is 25.6. The van der Waals surface area contributed by atoms with E-state index in [0.29, 0.717) is 27.5 Å².